The Morgan fingerprint density at radius 1 is 1.14 bits per heavy atom. The summed E-state index contributed by atoms with van der Waals surface area (Å²) in [6, 6.07) is 10.9. The molecule has 0 saturated carbocycles. The highest BCUT2D eigenvalue weighted by Gasteiger charge is 2.05. The van der Waals surface area contributed by atoms with Gasteiger partial charge in [0.1, 0.15) is 0 Å². The number of pyridine rings is 1. The van der Waals surface area contributed by atoms with Crippen molar-refractivity contribution in [3.8, 4) is 0 Å². The van der Waals surface area contributed by atoms with Crippen molar-refractivity contribution in [3.05, 3.63) is 59.9 Å². The van der Waals surface area contributed by atoms with Crippen LogP contribution in [0.5, 0.6) is 0 Å². The highest BCUT2D eigenvalue weighted by Crippen LogP contribution is 2.12. The highest BCUT2D eigenvalue weighted by atomic mass is 16.2. The predicted octanol–water partition coefficient (Wildman–Crippen LogP) is 2.01. The van der Waals surface area contributed by atoms with Gasteiger partial charge in [-0.05, 0) is 36.2 Å². The minimum Gasteiger partial charge on any atom is -0.359 e. The van der Waals surface area contributed by atoms with Crippen LogP contribution in [0.2, 0.25) is 0 Å². The maximum absolute atomic E-state index is 11.9. The zero-order chi connectivity index (χ0) is 15.1. The average Bonchev–Trinajstić information content (AvgIpc) is 2.54. The number of amides is 2. The van der Waals surface area contributed by atoms with Gasteiger partial charge >= 0.3 is 0 Å². The van der Waals surface area contributed by atoms with E-state index in [1.165, 1.54) is 6.20 Å². The molecule has 2 N–H and O–H groups in total. The number of rotatable bonds is 5. The normalized spacial score (nSPS) is 9.95. The number of anilines is 1. The molecular formula is C16H17N3O2. The van der Waals surface area contributed by atoms with Crippen molar-refractivity contribution in [1.29, 1.82) is 0 Å². The fourth-order valence-corrected chi connectivity index (χ4v) is 1.84. The van der Waals surface area contributed by atoms with Crippen LogP contribution in [-0.2, 0) is 11.2 Å². The van der Waals surface area contributed by atoms with E-state index in [4.69, 9.17) is 0 Å². The van der Waals surface area contributed by atoms with Gasteiger partial charge in [-0.3, -0.25) is 14.6 Å². The molecule has 0 unspecified atom stereocenters. The molecule has 0 aliphatic rings. The Morgan fingerprint density at radius 3 is 2.52 bits per heavy atom. The fraction of sp³-hybridized carbons (Fsp3) is 0.188. The fourth-order valence-electron chi connectivity index (χ4n) is 1.84. The Hall–Kier alpha value is -2.69. The summed E-state index contributed by atoms with van der Waals surface area (Å²) >= 11 is 0. The summed E-state index contributed by atoms with van der Waals surface area (Å²) in [5.74, 6) is -0.176. The van der Waals surface area contributed by atoms with E-state index >= 15 is 0 Å². The SMILES string of the molecule is CNC(=O)CCc1ccc(NC(=O)c2cccnc2)cc1. The molecule has 0 radical (unpaired) electrons. The van der Waals surface area contributed by atoms with E-state index in [-0.39, 0.29) is 11.8 Å². The van der Waals surface area contributed by atoms with Crippen molar-refractivity contribution < 1.29 is 9.59 Å². The monoisotopic (exact) mass is 283 g/mol. The summed E-state index contributed by atoms with van der Waals surface area (Å²) in [7, 11) is 1.62. The zero-order valence-corrected chi connectivity index (χ0v) is 11.8. The first kappa shape index (κ1) is 14.7. The van der Waals surface area contributed by atoms with Crippen LogP contribution in [-0.4, -0.2) is 23.8 Å². The van der Waals surface area contributed by atoms with Gasteiger partial charge in [0.25, 0.3) is 5.91 Å². The van der Waals surface area contributed by atoms with Crippen molar-refractivity contribution in [3.63, 3.8) is 0 Å². The summed E-state index contributed by atoms with van der Waals surface area (Å²) in [5, 5.41) is 5.39. The second kappa shape index (κ2) is 7.19. The highest BCUT2D eigenvalue weighted by molar-refractivity contribution is 6.03. The van der Waals surface area contributed by atoms with E-state index < -0.39 is 0 Å². The van der Waals surface area contributed by atoms with Crippen LogP contribution in [0.1, 0.15) is 22.3 Å². The summed E-state index contributed by atoms with van der Waals surface area (Å²) in [6.45, 7) is 0. The minimum absolute atomic E-state index is 0.0176. The third-order valence-electron chi connectivity index (χ3n) is 3.06. The number of carbonyl (C=O) groups excluding carboxylic acids is 2. The van der Waals surface area contributed by atoms with Gasteiger partial charge in [-0.25, -0.2) is 0 Å². The number of nitrogens with one attached hydrogen (secondary N) is 2. The van der Waals surface area contributed by atoms with Crippen molar-refractivity contribution in [1.82, 2.24) is 10.3 Å². The van der Waals surface area contributed by atoms with E-state index in [1.807, 2.05) is 24.3 Å². The molecule has 0 fully saturated rings. The Kier molecular flexibility index (Phi) is 5.04. The van der Waals surface area contributed by atoms with Gasteiger partial charge in [0.15, 0.2) is 0 Å². The maximum atomic E-state index is 11.9. The molecule has 0 saturated heterocycles. The lowest BCUT2D eigenvalue weighted by Gasteiger charge is -2.06. The van der Waals surface area contributed by atoms with Crippen LogP contribution in [0, 0.1) is 0 Å². The van der Waals surface area contributed by atoms with E-state index in [0.717, 1.165) is 5.56 Å². The topological polar surface area (TPSA) is 71.1 Å². The number of nitrogens with zero attached hydrogens (tertiary/aromatic N) is 1. The number of hydrogen-bond donors (Lipinski definition) is 2. The van der Waals surface area contributed by atoms with Gasteiger partial charge < -0.3 is 10.6 Å². The molecule has 2 aromatic rings. The van der Waals surface area contributed by atoms with Crippen LogP contribution in [0.3, 0.4) is 0 Å². The van der Waals surface area contributed by atoms with Crippen molar-refractivity contribution in [2.24, 2.45) is 0 Å². The van der Waals surface area contributed by atoms with Gasteiger partial charge in [-0.1, -0.05) is 12.1 Å². The first-order chi connectivity index (χ1) is 10.2. The van der Waals surface area contributed by atoms with Gasteiger partial charge in [-0.15, -0.1) is 0 Å². The molecule has 5 heteroatoms. The first-order valence-electron chi connectivity index (χ1n) is 6.70. The number of carbonyl (C=O) groups is 2. The molecular weight excluding hydrogens is 266 g/mol. The molecule has 0 spiro atoms. The summed E-state index contributed by atoms with van der Waals surface area (Å²) < 4.78 is 0. The Morgan fingerprint density at radius 2 is 1.90 bits per heavy atom. The van der Waals surface area contributed by atoms with Crippen molar-refractivity contribution in [2.45, 2.75) is 12.8 Å². The van der Waals surface area contributed by atoms with Gasteiger partial charge in [0.2, 0.25) is 5.91 Å². The summed E-state index contributed by atoms with van der Waals surface area (Å²) in [4.78, 5) is 27.0. The van der Waals surface area contributed by atoms with Crippen LogP contribution in [0.4, 0.5) is 5.69 Å². The summed E-state index contributed by atoms with van der Waals surface area (Å²) in [5.41, 5.74) is 2.28. The Balaban J connectivity index is 1.93. The molecule has 2 rings (SSSR count). The number of hydrogen-bond acceptors (Lipinski definition) is 3. The molecule has 0 aliphatic carbocycles. The second-order valence-electron chi connectivity index (χ2n) is 4.57. The van der Waals surface area contributed by atoms with Crippen LogP contribution in [0.25, 0.3) is 0 Å². The van der Waals surface area contributed by atoms with Crippen LogP contribution >= 0.6 is 0 Å². The third kappa shape index (κ3) is 4.42. The third-order valence-corrected chi connectivity index (χ3v) is 3.06. The average molecular weight is 283 g/mol. The molecule has 1 aromatic carbocycles. The van der Waals surface area contributed by atoms with E-state index in [2.05, 4.69) is 15.6 Å². The lowest BCUT2D eigenvalue weighted by Crippen LogP contribution is -2.17. The van der Waals surface area contributed by atoms with Crippen molar-refractivity contribution >= 4 is 17.5 Å². The largest absolute Gasteiger partial charge is 0.359 e. The molecule has 2 amide bonds. The van der Waals surface area contributed by atoms with E-state index in [1.54, 1.807) is 25.4 Å². The smallest absolute Gasteiger partial charge is 0.257 e. The standard InChI is InChI=1S/C16H17N3O2/c1-17-15(20)9-6-12-4-7-14(8-5-12)19-16(21)13-3-2-10-18-11-13/h2-5,7-8,10-11H,6,9H2,1H3,(H,17,20)(H,19,21). The minimum atomic E-state index is -0.193. The molecule has 21 heavy (non-hydrogen) atoms. The quantitative estimate of drug-likeness (QED) is 0.881. The number of benzene rings is 1. The Bertz CT molecular complexity index is 609. The first-order valence-corrected chi connectivity index (χ1v) is 6.70. The van der Waals surface area contributed by atoms with Gasteiger partial charge in [0.05, 0.1) is 5.56 Å². The van der Waals surface area contributed by atoms with Crippen molar-refractivity contribution in [2.75, 3.05) is 12.4 Å². The lowest BCUT2D eigenvalue weighted by atomic mass is 10.1. The van der Waals surface area contributed by atoms with E-state index in [0.29, 0.717) is 24.1 Å². The van der Waals surface area contributed by atoms with Gasteiger partial charge in [0, 0.05) is 31.5 Å². The molecule has 1 aromatic heterocycles. The lowest BCUT2D eigenvalue weighted by molar-refractivity contribution is -0.120. The second-order valence-corrected chi connectivity index (χ2v) is 4.57. The van der Waals surface area contributed by atoms with Gasteiger partial charge in [-0.2, -0.15) is 0 Å². The van der Waals surface area contributed by atoms with Crippen LogP contribution < -0.4 is 10.6 Å². The molecule has 1 heterocycles. The maximum Gasteiger partial charge on any atom is 0.257 e. The molecule has 108 valence electrons. The molecule has 0 bridgehead atoms. The van der Waals surface area contributed by atoms with E-state index in [9.17, 15) is 9.59 Å². The summed E-state index contributed by atoms with van der Waals surface area (Å²) in [6.07, 6.45) is 4.28. The zero-order valence-electron chi connectivity index (χ0n) is 11.8. The number of aromatic nitrogens is 1. The molecule has 5 nitrogen and oxygen atoms in total. The predicted molar refractivity (Wildman–Crippen MR) is 81.0 cm³/mol. The number of aryl methyl sites for hydroxylation is 1. The Labute approximate surface area is 123 Å². The molecule has 0 atom stereocenters. The van der Waals surface area contributed by atoms with Crippen LogP contribution in [0.15, 0.2) is 48.8 Å². The molecule has 0 aliphatic heterocycles.